The van der Waals surface area contributed by atoms with Crippen molar-refractivity contribution in [2.75, 3.05) is 13.1 Å². The smallest absolute Gasteiger partial charge is 0.0624 e. The molecule has 0 aromatic carbocycles. The lowest BCUT2D eigenvalue weighted by Crippen LogP contribution is -2.20. The number of nitrogens with zero attached hydrogens (tertiary/aromatic N) is 2. The normalized spacial score (nSPS) is 11.8. The molecular weight excluding hydrogens is 234 g/mol. The minimum absolute atomic E-state index is 0.732. The second kappa shape index (κ2) is 8.92. The Morgan fingerprint density at radius 3 is 2.74 bits per heavy atom. The highest BCUT2D eigenvalue weighted by Crippen LogP contribution is 2.07. The maximum Gasteiger partial charge on any atom is 0.0624 e. The van der Waals surface area contributed by atoms with Gasteiger partial charge in [0.1, 0.15) is 0 Å². The highest BCUT2D eigenvalue weighted by molar-refractivity contribution is 5.13. The first-order valence-electron chi connectivity index (χ1n) is 7.58. The molecule has 1 heterocycles. The third-order valence-electron chi connectivity index (χ3n) is 3.11. The van der Waals surface area contributed by atoms with Gasteiger partial charge < -0.3 is 5.32 Å². The van der Waals surface area contributed by atoms with E-state index in [0.29, 0.717) is 0 Å². The van der Waals surface area contributed by atoms with E-state index in [1.807, 2.05) is 0 Å². The Morgan fingerprint density at radius 2 is 2.11 bits per heavy atom. The van der Waals surface area contributed by atoms with Gasteiger partial charge in [0.2, 0.25) is 0 Å². The molecular formula is C16H29N3. The molecule has 0 saturated heterocycles. The number of aryl methyl sites for hydroxylation is 2. The summed E-state index contributed by atoms with van der Waals surface area (Å²) >= 11 is 0. The van der Waals surface area contributed by atoms with E-state index >= 15 is 0 Å². The van der Waals surface area contributed by atoms with E-state index in [4.69, 9.17) is 0 Å². The number of hydrogen-bond donors (Lipinski definition) is 1. The summed E-state index contributed by atoms with van der Waals surface area (Å²) in [7, 11) is 0. The third-order valence-corrected chi connectivity index (χ3v) is 3.11. The Labute approximate surface area is 118 Å². The number of nitrogens with one attached hydrogen (secondary N) is 1. The van der Waals surface area contributed by atoms with E-state index < -0.39 is 0 Å². The van der Waals surface area contributed by atoms with E-state index in [9.17, 15) is 0 Å². The quantitative estimate of drug-likeness (QED) is 0.548. The average molecular weight is 263 g/mol. The van der Waals surface area contributed by atoms with E-state index in [1.54, 1.807) is 0 Å². The van der Waals surface area contributed by atoms with Gasteiger partial charge in [0.15, 0.2) is 0 Å². The van der Waals surface area contributed by atoms with Gasteiger partial charge in [-0.05, 0) is 44.8 Å². The van der Waals surface area contributed by atoms with Crippen molar-refractivity contribution in [3.63, 3.8) is 0 Å². The third kappa shape index (κ3) is 6.06. The van der Waals surface area contributed by atoms with Gasteiger partial charge in [0, 0.05) is 18.7 Å². The molecule has 0 amide bonds. The predicted octanol–water partition coefficient (Wildman–Crippen LogP) is 3.20. The van der Waals surface area contributed by atoms with Gasteiger partial charge in [-0.2, -0.15) is 5.10 Å². The topological polar surface area (TPSA) is 29.9 Å². The van der Waals surface area contributed by atoms with Gasteiger partial charge in [0.25, 0.3) is 0 Å². The van der Waals surface area contributed by atoms with Crippen LogP contribution in [0.1, 0.15) is 45.5 Å². The van der Waals surface area contributed by atoms with E-state index in [-0.39, 0.29) is 0 Å². The fraction of sp³-hybridized carbons (Fsp3) is 0.688. The van der Waals surface area contributed by atoms with E-state index in [2.05, 4.69) is 61.0 Å². The van der Waals surface area contributed by atoms with Gasteiger partial charge in [-0.25, -0.2) is 0 Å². The van der Waals surface area contributed by atoms with Crippen molar-refractivity contribution in [2.24, 2.45) is 5.92 Å². The molecule has 19 heavy (non-hydrogen) atoms. The Bertz CT molecular complexity index is 377. The average Bonchev–Trinajstić information content (AvgIpc) is 2.79. The summed E-state index contributed by atoms with van der Waals surface area (Å²) in [6.07, 6.45) is 7.65. The summed E-state index contributed by atoms with van der Waals surface area (Å²) in [5, 5.41) is 8.02. The highest BCUT2D eigenvalue weighted by Gasteiger charge is 2.03. The molecule has 0 fully saturated rings. The summed E-state index contributed by atoms with van der Waals surface area (Å²) in [5.41, 5.74) is 2.52. The Hall–Kier alpha value is -1.09. The lowest BCUT2D eigenvalue weighted by atomic mass is 10.2. The number of rotatable bonds is 9. The van der Waals surface area contributed by atoms with Crippen LogP contribution < -0.4 is 5.32 Å². The molecule has 108 valence electrons. The summed E-state index contributed by atoms with van der Waals surface area (Å²) in [6, 6.07) is 2.23. The number of hydrogen-bond acceptors (Lipinski definition) is 2. The van der Waals surface area contributed by atoms with Gasteiger partial charge in [0.05, 0.1) is 5.69 Å². The molecule has 0 bridgehead atoms. The monoisotopic (exact) mass is 263 g/mol. The summed E-state index contributed by atoms with van der Waals surface area (Å²) < 4.78 is 2.11. The first-order chi connectivity index (χ1) is 9.17. The lowest BCUT2D eigenvalue weighted by Gasteiger charge is -2.05. The molecule has 1 aromatic rings. The fourth-order valence-corrected chi connectivity index (χ4v) is 2.02. The van der Waals surface area contributed by atoms with Gasteiger partial charge in [-0.3, -0.25) is 4.68 Å². The minimum atomic E-state index is 0.732. The molecule has 1 aromatic heterocycles. The van der Waals surface area contributed by atoms with Gasteiger partial charge >= 0.3 is 0 Å². The fourth-order valence-electron chi connectivity index (χ4n) is 2.02. The molecule has 0 spiro atoms. The minimum Gasteiger partial charge on any atom is -0.316 e. The summed E-state index contributed by atoms with van der Waals surface area (Å²) in [4.78, 5) is 0. The molecule has 1 N–H and O–H groups in total. The molecule has 0 aliphatic carbocycles. The lowest BCUT2D eigenvalue weighted by molar-refractivity contribution is 0.556. The first-order valence-corrected chi connectivity index (χ1v) is 7.58. The zero-order valence-electron chi connectivity index (χ0n) is 12.9. The van der Waals surface area contributed by atoms with Crippen LogP contribution in [0.5, 0.6) is 0 Å². The molecule has 0 aliphatic heterocycles. The van der Waals surface area contributed by atoms with Crippen LogP contribution in [-0.4, -0.2) is 22.9 Å². The van der Waals surface area contributed by atoms with Crippen LogP contribution in [0.15, 0.2) is 18.2 Å². The van der Waals surface area contributed by atoms with Crippen molar-refractivity contribution < 1.29 is 0 Å². The first kappa shape index (κ1) is 16.0. The standard InChI is InChI=1S/C16H29N3/c1-5-15-12-16(19(6-2)18-15)10-8-7-9-11-17-13-14(3)4/h7-8,12,14,17H,5-6,9-11,13H2,1-4H3. The Morgan fingerprint density at radius 1 is 1.32 bits per heavy atom. The van der Waals surface area contributed by atoms with Crippen LogP contribution in [0.25, 0.3) is 0 Å². The largest absolute Gasteiger partial charge is 0.316 e. The Kier molecular flexibility index (Phi) is 7.49. The van der Waals surface area contributed by atoms with Crippen molar-refractivity contribution in [2.45, 2.75) is 53.5 Å². The zero-order chi connectivity index (χ0) is 14.1. The molecule has 0 atom stereocenters. The van der Waals surface area contributed by atoms with Crippen molar-refractivity contribution in [1.29, 1.82) is 0 Å². The van der Waals surface area contributed by atoms with Crippen molar-refractivity contribution in [1.82, 2.24) is 15.1 Å². The van der Waals surface area contributed by atoms with Crippen LogP contribution in [-0.2, 0) is 19.4 Å². The summed E-state index contributed by atoms with van der Waals surface area (Å²) in [5.74, 6) is 0.732. The SMILES string of the molecule is CCc1cc(CC=CCCNCC(C)C)n(CC)n1. The van der Waals surface area contributed by atoms with E-state index in [0.717, 1.165) is 44.8 Å². The van der Waals surface area contributed by atoms with E-state index in [1.165, 1.54) is 11.4 Å². The molecule has 3 heteroatoms. The molecule has 0 radical (unpaired) electrons. The second-order valence-corrected chi connectivity index (χ2v) is 5.36. The molecule has 0 saturated carbocycles. The predicted molar refractivity (Wildman–Crippen MR) is 82.4 cm³/mol. The van der Waals surface area contributed by atoms with Crippen molar-refractivity contribution in [3.8, 4) is 0 Å². The van der Waals surface area contributed by atoms with Crippen molar-refractivity contribution in [3.05, 3.63) is 29.6 Å². The zero-order valence-corrected chi connectivity index (χ0v) is 12.9. The Balaban J connectivity index is 2.29. The van der Waals surface area contributed by atoms with Gasteiger partial charge in [-0.15, -0.1) is 0 Å². The van der Waals surface area contributed by atoms with Crippen LogP contribution in [0.4, 0.5) is 0 Å². The molecule has 0 unspecified atom stereocenters. The van der Waals surface area contributed by atoms with Crippen LogP contribution in [0, 0.1) is 5.92 Å². The second-order valence-electron chi connectivity index (χ2n) is 5.36. The molecule has 0 aliphatic rings. The van der Waals surface area contributed by atoms with Gasteiger partial charge in [-0.1, -0.05) is 32.9 Å². The molecule has 1 rings (SSSR count). The number of allylic oxidation sites excluding steroid dienone is 1. The summed E-state index contributed by atoms with van der Waals surface area (Å²) in [6.45, 7) is 11.9. The highest BCUT2D eigenvalue weighted by atomic mass is 15.3. The number of aromatic nitrogens is 2. The van der Waals surface area contributed by atoms with Crippen LogP contribution in [0.3, 0.4) is 0 Å². The maximum atomic E-state index is 4.57. The van der Waals surface area contributed by atoms with Crippen LogP contribution >= 0.6 is 0 Å². The maximum absolute atomic E-state index is 4.57. The molecule has 3 nitrogen and oxygen atoms in total. The van der Waals surface area contributed by atoms with Crippen molar-refractivity contribution >= 4 is 0 Å². The van der Waals surface area contributed by atoms with Crippen LogP contribution in [0.2, 0.25) is 0 Å².